The zero-order chi connectivity index (χ0) is 19.9. The Kier molecular flexibility index (Phi) is 5.44. The van der Waals surface area contributed by atoms with Crippen molar-refractivity contribution < 1.29 is 13.2 Å². The Balaban J connectivity index is 1.35. The van der Waals surface area contributed by atoms with E-state index < -0.39 is 9.84 Å². The second kappa shape index (κ2) is 7.71. The molecule has 2 fully saturated rings. The van der Waals surface area contributed by atoms with Gasteiger partial charge in [-0.15, -0.1) is 0 Å². The maximum absolute atomic E-state index is 12.6. The summed E-state index contributed by atoms with van der Waals surface area (Å²) in [6, 6.07) is 7.49. The molecule has 1 saturated carbocycles. The Bertz CT molecular complexity index is 882. The summed E-state index contributed by atoms with van der Waals surface area (Å²) in [4.78, 5) is 17.1. The summed E-state index contributed by atoms with van der Waals surface area (Å²) in [5.74, 6) is 1.47. The standard InChI is InChI=1S/C20H27N3O3S2/c1-12-4-3-5-16(13(12)2)22-19(24)14-6-8-15(9-7-14)21-20-23-17-10-28(25,26)11-18(17)27-20/h6-9,12-13,16-18H,3-5,10-11H2,1-2H3,(H,21,23)(H,22,24)/t12-,13+,16+,17-,18-/m1/s1. The molecule has 1 saturated heterocycles. The topological polar surface area (TPSA) is 87.6 Å². The third-order valence-corrected chi connectivity index (χ3v) is 9.38. The number of hydrogen-bond acceptors (Lipinski definition) is 6. The minimum Gasteiger partial charge on any atom is -0.349 e. The molecule has 1 aromatic carbocycles. The van der Waals surface area contributed by atoms with Gasteiger partial charge in [-0.3, -0.25) is 9.79 Å². The number of nitrogens with zero attached hydrogens (tertiary/aromatic N) is 1. The molecule has 2 N–H and O–H groups in total. The number of fused-ring (bicyclic) bond motifs is 1. The number of rotatable bonds is 3. The molecular formula is C20H27N3O3S2. The first kappa shape index (κ1) is 19.8. The van der Waals surface area contributed by atoms with Crippen LogP contribution in [0.15, 0.2) is 29.3 Å². The van der Waals surface area contributed by atoms with Crippen molar-refractivity contribution in [2.45, 2.75) is 50.4 Å². The van der Waals surface area contributed by atoms with Crippen molar-refractivity contribution >= 4 is 38.4 Å². The lowest BCUT2D eigenvalue weighted by Gasteiger charge is -2.34. The summed E-state index contributed by atoms with van der Waals surface area (Å²) in [7, 11) is -2.94. The number of carbonyl (C=O) groups excluding carboxylic acids is 1. The number of thioether (sulfide) groups is 1. The zero-order valence-corrected chi connectivity index (χ0v) is 17.9. The van der Waals surface area contributed by atoms with Gasteiger partial charge in [-0.2, -0.15) is 0 Å². The van der Waals surface area contributed by atoms with Gasteiger partial charge in [-0.05, 0) is 42.5 Å². The van der Waals surface area contributed by atoms with Crippen molar-refractivity contribution in [1.29, 1.82) is 0 Å². The summed E-state index contributed by atoms with van der Waals surface area (Å²) in [6.45, 7) is 4.49. The quantitative estimate of drug-likeness (QED) is 0.784. The number of carbonyl (C=O) groups is 1. The van der Waals surface area contributed by atoms with Crippen LogP contribution in [-0.2, 0) is 9.84 Å². The van der Waals surface area contributed by atoms with Crippen LogP contribution in [0.2, 0.25) is 0 Å². The number of sulfone groups is 1. The monoisotopic (exact) mass is 421 g/mol. The van der Waals surface area contributed by atoms with Gasteiger partial charge in [0.1, 0.15) is 0 Å². The SMILES string of the molecule is C[C@H]1[C@H](C)CCC[C@@H]1NC(=O)c1ccc(NC2=N[C@@H]3CS(=O)(=O)C[C@H]3S2)cc1. The van der Waals surface area contributed by atoms with Gasteiger partial charge in [0.05, 0.1) is 17.5 Å². The minimum atomic E-state index is -2.94. The third kappa shape index (κ3) is 4.22. The Hall–Kier alpha value is -1.54. The van der Waals surface area contributed by atoms with Crippen molar-refractivity contribution in [2.24, 2.45) is 16.8 Å². The van der Waals surface area contributed by atoms with E-state index in [-0.39, 0.29) is 34.7 Å². The van der Waals surface area contributed by atoms with E-state index in [1.807, 2.05) is 24.3 Å². The van der Waals surface area contributed by atoms with E-state index in [2.05, 4.69) is 29.5 Å². The lowest BCUT2D eigenvalue weighted by Crippen LogP contribution is -2.43. The minimum absolute atomic E-state index is 0.0233. The number of anilines is 1. The molecule has 2 aliphatic heterocycles. The first-order valence-electron chi connectivity index (χ1n) is 9.93. The molecule has 0 bridgehead atoms. The molecule has 1 amide bonds. The highest BCUT2D eigenvalue weighted by atomic mass is 32.2. The first-order chi connectivity index (χ1) is 13.3. The number of aliphatic imine (C=N–C) groups is 1. The molecule has 5 atom stereocenters. The van der Waals surface area contributed by atoms with Gasteiger partial charge in [0.25, 0.3) is 5.91 Å². The van der Waals surface area contributed by atoms with E-state index in [0.717, 1.165) is 17.3 Å². The van der Waals surface area contributed by atoms with Gasteiger partial charge in [-0.25, -0.2) is 8.42 Å². The highest BCUT2D eigenvalue weighted by Crippen LogP contribution is 2.34. The summed E-state index contributed by atoms with van der Waals surface area (Å²) in [6.07, 6.45) is 3.46. The predicted molar refractivity (Wildman–Crippen MR) is 115 cm³/mol. The molecule has 0 aromatic heterocycles. The van der Waals surface area contributed by atoms with E-state index >= 15 is 0 Å². The van der Waals surface area contributed by atoms with Gasteiger partial charge in [-0.1, -0.05) is 38.5 Å². The van der Waals surface area contributed by atoms with Crippen LogP contribution in [0, 0.1) is 11.8 Å². The summed E-state index contributed by atoms with van der Waals surface area (Å²) < 4.78 is 23.3. The van der Waals surface area contributed by atoms with E-state index in [1.54, 1.807) is 0 Å². The maximum atomic E-state index is 12.6. The number of hydrogen-bond donors (Lipinski definition) is 2. The molecule has 152 valence electrons. The summed E-state index contributed by atoms with van der Waals surface area (Å²) in [5, 5.41) is 7.22. The van der Waals surface area contributed by atoms with Crippen molar-refractivity contribution in [3.8, 4) is 0 Å². The smallest absolute Gasteiger partial charge is 0.251 e. The molecule has 0 unspecified atom stereocenters. The Labute approximate surface area is 170 Å². The zero-order valence-electron chi connectivity index (χ0n) is 16.2. The fourth-order valence-corrected chi connectivity index (χ4v) is 7.96. The largest absolute Gasteiger partial charge is 0.349 e. The van der Waals surface area contributed by atoms with Crippen LogP contribution in [0.5, 0.6) is 0 Å². The van der Waals surface area contributed by atoms with Crippen molar-refractivity contribution in [3.63, 3.8) is 0 Å². The number of amidine groups is 1. The number of amides is 1. The highest BCUT2D eigenvalue weighted by Gasteiger charge is 2.42. The van der Waals surface area contributed by atoms with Gasteiger partial charge in [0, 0.05) is 22.5 Å². The molecule has 0 spiro atoms. The molecule has 0 radical (unpaired) electrons. The molecule has 2 heterocycles. The third-order valence-electron chi connectivity index (χ3n) is 6.24. The van der Waals surface area contributed by atoms with Crippen LogP contribution < -0.4 is 10.6 Å². The molecular weight excluding hydrogens is 394 g/mol. The molecule has 1 aromatic rings. The Morgan fingerprint density at radius 3 is 2.61 bits per heavy atom. The van der Waals surface area contributed by atoms with Crippen LogP contribution in [0.3, 0.4) is 0 Å². The van der Waals surface area contributed by atoms with Gasteiger partial charge >= 0.3 is 0 Å². The first-order valence-corrected chi connectivity index (χ1v) is 12.6. The Morgan fingerprint density at radius 2 is 1.89 bits per heavy atom. The molecule has 3 aliphatic rings. The normalized spacial score (nSPS) is 33.8. The van der Waals surface area contributed by atoms with Crippen LogP contribution in [0.25, 0.3) is 0 Å². The van der Waals surface area contributed by atoms with Crippen molar-refractivity contribution in [2.75, 3.05) is 16.8 Å². The average Bonchev–Trinajstić information content (AvgIpc) is 3.12. The van der Waals surface area contributed by atoms with Crippen molar-refractivity contribution in [3.05, 3.63) is 29.8 Å². The maximum Gasteiger partial charge on any atom is 0.251 e. The van der Waals surface area contributed by atoms with E-state index in [0.29, 0.717) is 17.4 Å². The van der Waals surface area contributed by atoms with E-state index in [1.165, 1.54) is 24.6 Å². The average molecular weight is 422 g/mol. The van der Waals surface area contributed by atoms with Crippen molar-refractivity contribution in [1.82, 2.24) is 5.32 Å². The molecule has 1 aliphatic carbocycles. The highest BCUT2D eigenvalue weighted by molar-refractivity contribution is 8.15. The Morgan fingerprint density at radius 1 is 1.14 bits per heavy atom. The summed E-state index contributed by atoms with van der Waals surface area (Å²) in [5.41, 5.74) is 1.50. The van der Waals surface area contributed by atoms with Crippen LogP contribution in [0.4, 0.5) is 5.69 Å². The number of benzene rings is 1. The molecule has 4 rings (SSSR count). The van der Waals surface area contributed by atoms with E-state index in [9.17, 15) is 13.2 Å². The lowest BCUT2D eigenvalue weighted by molar-refractivity contribution is 0.0891. The fraction of sp³-hybridized carbons (Fsp3) is 0.600. The van der Waals surface area contributed by atoms with E-state index in [4.69, 9.17) is 0 Å². The number of nitrogens with one attached hydrogen (secondary N) is 2. The van der Waals surface area contributed by atoms with Crippen LogP contribution in [-0.4, -0.2) is 48.3 Å². The van der Waals surface area contributed by atoms with Gasteiger partial charge < -0.3 is 10.6 Å². The fourth-order valence-electron chi connectivity index (χ4n) is 4.28. The van der Waals surface area contributed by atoms with Gasteiger partial charge in [0.2, 0.25) is 0 Å². The predicted octanol–water partition coefficient (Wildman–Crippen LogP) is 2.92. The second-order valence-corrected chi connectivity index (χ2v) is 11.7. The molecule has 8 heteroatoms. The summed E-state index contributed by atoms with van der Waals surface area (Å²) >= 11 is 1.49. The van der Waals surface area contributed by atoms with Crippen LogP contribution >= 0.6 is 11.8 Å². The lowest BCUT2D eigenvalue weighted by atomic mass is 9.78. The molecule has 6 nitrogen and oxygen atoms in total. The van der Waals surface area contributed by atoms with Gasteiger partial charge in [0.15, 0.2) is 15.0 Å². The second-order valence-electron chi connectivity index (χ2n) is 8.28. The van der Waals surface area contributed by atoms with Crippen LogP contribution in [0.1, 0.15) is 43.5 Å². The molecule has 28 heavy (non-hydrogen) atoms.